The summed E-state index contributed by atoms with van der Waals surface area (Å²) in [6, 6.07) is 14.6. The first kappa shape index (κ1) is 13.1. The third-order valence-electron chi connectivity index (χ3n) is 3.33. The summed E-state index contributed by atoms with van der Waals surface area (Å²) in [6.07, 6.45) is 0. The van der Waals surface area contributed by atoms with E-state index >= 15 is 0 Å². The average Bonchev–Trinajstić information content (AvgIpc) is 2.81. The largest absolute Gasteiger partial charge is 0.322 e. The fourth-order valence-electron chi connectivity index (χ4n) is 2.36. The SMILES string of the molecule is CC(Cl)c1nc2ccccc2n1Cc1ccccc1F. The van der Waals surface area contributed by atoms with Gasteiger partial charge in [0, 0.05) is 5.56 Å². The van der Waals surface area contributed by atoms with E-state index in [4.69, 9.17) is 11.6 Å². The van der Waals surface area contributed by atoms with Crippen molar-refractivity contribution in [1.29, 1.82) is 0 Å². The number of benzene rings is 2. The van der Waals surface area contributed by atoms with Crippen molar-refractivity contribution in [3.8, 4) is 0 Å². The zero-order valence-electron chi connectivity index (χ0n) is 11.1. The minimum Gasteiger partial charge on any atom is -0.322 e. The van der Waals surface area contributed by atoms with Gasteiger partial charge in [-0.05, 0) is 25.1 Å². The van der Waals surface area contributed by atoms with Gasteiger partial charge >= 0.3 is 0 Å². The van der Waals surface area contributed by atoms with E-state index in [-0.39, 0.29) is 11.2 Å². The van der Waals surface area contributed by atoms with E-state index in [1.54, 1.807) is 12.1 Å². The van der Waals surface area contributed by atoms with Crippen LogP contribution in [-0.2, 0) is 6.54 Å². The summed E-state index contributed by atoms with van der Waals surface area (Å²) in [6.45, 7) is 2.31. The van der Waals surface area contributed by atoms with E-state index in [1.807, 2.05) is 41.8 Å². The van der Waals surface area contributed by atoms with Gasteiger partial charge in [0.25, 0.3) is 0 Å². The van der Waals surface area contributed by atoms with Crippen LogP contribution < -0.4 is 0 Å². The number of nitrogens with zero attached hydrogens (tertiary/aromatic N) is 2. The molecule has 0 saturated carbocycles. The maximum atomic E-state index is 13.8. The molecule has 0 aliphatic carbocycles. The van der Waals surface area contributed by atoms with Crippen molar-refractivity contribution in [1.82, 2.24) is 9.55 Å². The summed E-state index contributed by atoms with van der Waals surface area (Å²) < 4.78 is 15.8. The Morgan fingerprint density at radius 2 is 1.85 bits per heavy atom. The molecule has 0 radical (unpaired) electrons. The Bertz CT molecular complexity index is 749. The number of para-hydroxylation sites is 2. The van der Waals surface area contributed by atoms with Gasteiger partial charge in [0.05, 0.1) is 23.0 Å². The molecule has 0 aliphatic heterocycles. The van der Waals surface area contributed by atoms with Crippen molar-refractivity contribution in [2.45, 2.75) is 18.8 Å². The van der Waals surface area contributed by atoms with Gasteiger partial charge in [-0.15, -0.1) is 11.6 Å². The lowest BCUT2D eigenvalue weighted by Gasteiger charge is -2.11. The number of hydrogen-bond donors (Lipinski definition) is 0. The molecule has 0 bridgehead atoms. The third kappa shape index (κ3) is 2.29. The van der Waals surface area contributed by atoms with E-state index in [9.17, 15) is 4.39 Å². The molecule has 102 valence electrons. The summed E-state index contributed by atoms with van der Waals surface area (Å²) in [5.74, 6) is 0.551. The first-order valence-corrected chi connectivity index (χ1v) is 6.93. The number of imidazole rings is 1. The average molecular weight is 289 g/mol. The zero-order chi connectivity index (χ0) is 14.1. The normalized spacial score (nSPS) is 12.8. The molecule has 0 spiro atoms. The maximum Gasteiger partial charge on any atom is 0.128 e. The Morgan fingerprint density at radius 1 is 1.15 bits per heavy atom. The van der Waals surface area contributed by atoms with Crippen LogP contribution in [0.15, 0.2) is 48.5 Å². The van der Waals surface area contributed by atoms with Gasteiger partial charge in [-0.25, -0.2) is 9.37 Å². The van der Waals surface area contributed by atoms with Gasteiger partial charge in [0.1, 0.15) is 11.6 Å². The predicted molar refractivity (Wildman–Crippen MR) is 79.5 cm³/mol. The summed E-state index contributed by atoms with van der Waals surface area (Å²) in [7, 11) is 0. The molecule has 3 rings (SSSR count). The molecule has 2 nitrogen and oxygen atoms in total. The first-order valence-electron chi connectivity index (χ1n) is 6.49. The number of aromatic nitrogens is 2. The number of rotatable bonds is 3. The van der Waals surface area contributed by atoms with Crippen LogP contribution in [0.4, 0.5) is 4.39 Å². The monoisotopic (exact) mass is 288 g/mol. The van der Waals surface area contributed by atoms with Crippen molar-refractivity contribution < 1.29 is 4.39 Å². The summed E-state index contributed by atoms with van der Waals surface area (Å²) in [4.78, 5) is 4.55. The summed E-state index contributed by atoms with van der Waals surface area (Å²) in [5.41, 5.74) is 2.49. The molecule has 1 atom stereocenters. The van der Waals surface area contributed by atoms with Gasteiger partial charge in [-0.2, -0.15) is 0 Å². The number of fused-ring (bicyclic) bond motifs is 1. The number of alkyl halides is 1. The fourth-order valence-corrected chi connectivity index (χ4v) is 2.53. The molecular formula is C16H14ClFN2. The van der Waals surface area contributed by atoms with Crippen LogP contribution in [0.25, 0.3) is 11.0 Å². The van der Waals surface area contributed by atoms with Gasteiger partial charge in [0.15, 0.2) is 0 Å². The standard InChI is InChI=1S/C16H14ClFN2/c1-11(17)16-19-14-8-4-5-9-15(14)20(16)10-12-6-2-3-7-13(12)18/h2-9,11H,10H2,1H3. The Morgan fingerprint density at radius 3 is 2.60 bits per heavy atom. The van der Waals surface area contributed by atoms with Crippen LogP contribution in [0.3, 0.4) is 0 Å². The van der Waals surface area contributed by atoms with Crippen molar-refractivity contribution in [3.05, 3.63) is 65.7 Å². The minimum atomic E-state index is -0.228. The molecule has 2 aromatic carbocycles. The highest BCUT2D eigenvalue weighted by atomic mass is 35.5. The van der Waals surface area contributed by atoms with E-state index in [0.717, 1.165) is 16.9 Å². The number of halogens is 2. The van der Waals surface area contributed by atoms with Gasteiger partial charge in [0.2, 0.25) is 0 Å². The highest BCUT2D eigenvalue weighted by Gasteiger charge is 2.15. The van der Waals surface area contributed by atoms with Gasteiger partial charge in [-0.1, -0.05) is 30.3 Å². The Hall–Kier alpha value is -1.87. The Labute approximate surface area is 121 Å². The lowest BCUT2D eigenvalue weighted by Crippen LogP contribution is -2.07. The Balaban J connectivity index is 2.14. The Kier molecular flexibility index (Phi) is 3.45. The molecule has 0 fully saturated rings. The van der Waals surface area contributed by atoms with Gasteiger partial charge < -0.3 is 4.57 Å². The second kappa shape index (κ2) is 5.25. The molecule has 3 aromatic rings. The fraction of sp³-hybridized carbons (Fsp3) is 0.188. The topological polar surface area (TPSA) is 17.8 Å². The van der Waals surface area contributed by atoms with Crippen LogP contribution >= 0.6 is 11.6 Å². The lowest BCUT2D eigenvalue weighted by molar-refractivity contribution is 0.597. The van der Waals surface area contributed by atoms with E-state index in [1.165, 1.54) is 6.07 Å². The maximum absolute atomic E-state index is 13.8. The zero-order valence-corrected chi connectivity index (χ0v) is 11.8. The molecule has 20 heavy (non-hydrogen) atoms. The molecule has 0 saturated heterocycles. The van der Waals surface area contributed by atoms with E-state index < -0.39 is 0 Å². The van der Waals surface area contributed by atoms with E-state index in [0.29, 0.717) is 12.1 Å². The van der Waals surface area contributed by atoms with Crippen LogP contribution in [-0.4, -0.2) is 9.55 Å². The third-order valence-corrected chi connectivity index (χ3v) is 3.52. The van der Waals surface area contributed by atoms with Crippen molar-refractivity contribution in [2.75, 3.05) is 0 Å². The summed E-state index contributed by atoms with van der Waals surface area (Å²) in [5, 5.41) is -0.228. The molecule has 1 unspecified atom stereocenters. The van der Waals surface area contributed by atoms with Crippen molar-refractivity contribution >= 4 is 22.6 Å². The highest BCUT2D eigenvalue weighted by Crippen LogP contribution is 2.25. The second-order valence-electron chi connectivity index (χ2n) is 4.75. The molecule has 0 amide bonds. The van der Waals surface area contributed by atoms with Gasteiger partial charge in [-0.3, -0.25) is 0 Å². The van der Waals surface area contributed by atoms with Crippen molar-refractivity contribution in [2.24, 2.45) is 0 Å². The van der Waals surface area contributed by atoms with Crippen LogP contribution in [0.1, 0.15) is 23.7 Å². The molecule has 1 heterocycles. The van der Waals surface area contributed by atoms with Crippen molar-refractivity contribution in [3.63, 3.8) is 0 Å². The number of hydrogen-bond acceptors (Lipinski definition) is 1. The molecule has 0 N–H and O–H groups in total. The summed E-state index contributed by atoms with van der Waals surface area (Å²) >= 11 is 6.21. The quantitative estimate of drug-likeness (QED) is 0.648. The highest BCUT2D eigenvalue weighted by molar-refractivity contribution is 6.20. The van der Waals surface area contributed by atoms with Crippen LogP contribution in [0, 0.1) is 5.82 Å². The predicted octanol–water partition coefficient (Wildman–Crippen LogP) is 4.52. The first-order chi connectivity index (χ1) is 9.66. The second-order valence-corrected chi connectivity index (χ2v) is 5.41. The minimum absolute atomic E-state index is 0.210. The van der Waals surface area contributed by atoms with E-state index in [2.05, 4.69) is 4.98 Å². The van der Waals surface area contributed by atoms with Crippen LogP contribution in [0.2, 0.25) is 0 Å². The molecule has 0 aliphatic rings. The lowest BCUT2D eigenvalue weighted by atomic mass is 10.2. The molecular weight excluding hydrogens is 275 g/mol. The smallest absolute Gasteiger partial charge is 0.128 e. The molecule has 4 heteroatoms. The molecule has 1 aromatic heterocycles. The van der Waals surface area contributed by atoms with Crippen LogP contribution in [0.5, 0.6) is 0 Å².